The number of carbonyl (C=O) groups excluding carboxylic acids is 1. The van der Waals surface area contributed by atoms with Crippen LogP contribution >= 0.6 is 0 Å². The van der Waals surface area contributed by atoms with E-state index in [9.17, 15) is 4.79 Å². The predicted molar refractivity (Wildman–Crippen MR) is 139 cm³/mol. The second-order valence-corrected chi connectivity index (χ2v) is 8.32. The molecule has 0 aliphatic rings. The van der Waals surface area contributed by atoms with Gasteiger partial charge in [0.15, 0.2) is 5.78 Å². The van der Waals surface area contributed by atoms with Gasteiger partial charge in [-0.1, -0.05) is 109 Å². The van der Waals surface area contributed by atoms with Gasteiger partial charge in [0.1, 0.15) is 0 Å². The lowest BCUT2D eigenvalue weighted by Crippen LogP contribution is -2.15. The summed E-state index contributed by atoms with van der Waals surface area (Å²) in [5.41, 5.74) is 11.1. The van der Waals surface area contributed by atoms with Crippen LogP contribution in [0.1, 0.15) is 32.9 Å². The van der Waals surface area contributed by atoms with Crippen LogP contribution < -0.4 is 5.43 Å². The number of ketones is 1. The Morgan fingerprint density at radius 1 is 0.706 bits per heavy atom. The first-order valence-electron chi connectivity index (χ1n) is 11.5. The number of hydrogen-bond acceptors (Lipinski definition) is 2. The van der Waals surface area contributed by atoms with Crippen LogP contribution in [0.5, 0.6) is 0 Å². The summed E-state index contributed by atoms with van der Waals surface area (Å²) in [6.45, 7) is 2.02. The molecule has 5 rings (SSSR count). The van der Waals surface area contributed by atoms with E-state index in [-0.39, 0.29) is 5.78 Å². The van der Waals surface area contributed by atoms with Crippen LogP contribution in [0.2, 0.25) is 0 Å². The minimum Gasteiger partial charge on any atom is -0.294 e. The number of anilines is 1. The highest BCUT2D eigenvalue weighted by Gasteiger charge is 2.27. The number of hydrogen-bond donors (Lipinski definition) is 1. The van der Waals surface area contributed by atoms with Crippen LogP contribution in [0.3, 0.4) is 0 Å². The summed E-state index contributed by atoms with van der Waals surface area (Å²) in [5.74, 6) is 0.0277. The zero-order chi connectivity index (χ0) is 23.3. The zero-order valence-corrected chi connectivity index (χ0v) is 19.1. The van der Waals surface area contributed by atoms with E-state index in [2.05, 4.69) is 46.5 Å². The number of benzene rings is 4. The largest absolute Gasteiger partial charge is 0.294 e. The molecule has 3 nitrogen and oxygen atoms in total. The molecule has 0 bridgehead atoms. The minimum absolute atomic E-state index is 0.0277. The second-order valence-electron chi connectivity index (χ2n) is 8.32. The third kappa shape index (κ3) is 4.28. The van der Waals surface area contributed by atoms with Crippen molar-refractivity contribution in [2.45, 2.75) is 13.3 Å². The van der Waals surface area contributed by atoms with Crippen molar-refractivity contribution < 1.29 is 4.79 Å². The number of carbonyl (C=O) groups is 1. The summed E-state index contributed by atoms with van der Waals surface area (Å²) in [6.07, 6.45) is 0.688. The normalized spacial score (nSPS) is 10.7. The Balaban J connectivity index is 1.76. The minimum atomic E-state index is 0.0277. The van der Waals surface area contributed by atoms with Crippen LogP contribution in [0, 0.1) is 6.92 Å². The van der Waals surface area contributed by atoms with Crippen molar-refractivity contribution in [2.24, 2.45) is 0 Å². The van der Waals surface area contributed by atoms with Crippen molar-refractivity contribution in [1.82, 2.24) is 4.68 Å². The highest BCUT2D eigenvalue weighted by atomic mass is 16.1. The van der Waals surface area contributed by atoms with E-state index in [4.69, 9.17) is 0 Å². The van der Waals surface area contributed by atoms with Gasteiger partial charge < -0.3 is 0 Å². The summed E-state index contributed by atoms with van der Waals surface area (Å²) in [6, 6.07) is 40.2. The molecular weight excluding hydrogens is 416 g/mol. The summed E-state index contributed by atoms with van der Waals surface area (Å²) < 4.78 is 2.08. The smallest absolute Gasteiger partial charge is 0.195 e. The Labute approximate surface area is 200 Å². The molecule has 5 aromatic rings. The summed E-state index contributed by atoms with van der Waals surface area (Å²) in [5, 5.41) is 0. The monoisotopic (exact) mass is 442 g/mol. The van der Waals surface area contributed by atoms with Crippen LogP contribution in [-0.4, -0.2) is 10.5 Å². The Morgan fingerprint density at radius 3 is 1.85 bits per heavy atom. The number of para-hydroxylation sites is 1. The molecule has 0 amide bonds. The SMILES string of the molecule is Cc1c(C(=O)c2ccccc2)c(-c2ccccc2)c(Cc2ccccc2)n1Nc1ccccc1. The zero-order valence-electron chi connectivity index (χ0n) is 19.1. The molecule has 166 valence electrons. The molecule has 0 saturated carbocycles. The molecule has 0 unspecified atom stereocenters. The van der Waals surface area contributed by atoms with Crippen molar-refractivity contribution in [2.75, 3.05) is 5.43 Å². The van der Waals surface area contributed by atoms with E-state index < -0.39 is 0 Å². The molecule has 0 radical (unpaired) electrons. The summed E-state index contributed by atoms with van der Waals surface area (Å²) in [4.78, 5) is 13.9. The Kier molecular flexibility index (Phi) is 6.09. The lowest BCUT2D eigenvalue weighted by atomic mass is 9.93. The van der Waals surface area contributed by atoms with Crippen molar-refractivity contribution >= 4 is 11.5 Å². The molecule has 1 aromatic heterocycles. The molecule has 1 heterocycles. The van der Waals surface area contributed by atoms with Gasteiger partial charge in [-0.15, -0.1) is 0 Å². The lowest BCUT2D eigenvalue weighted by Gasteiger charge is -2.16. The van der Waals surface area contributed by atoms with Gasteiger partial charge in [0, 0.05) is 23.2 Å². The van der Waals surface area contributed by atoms with E-state index in [1.165, 1.54) is 5.56 Å². The first-order chi connectivity index (χ1) is 16.7. The Morgan fingerprint density at radius 2 is 1.24 bits per heavy atom. The fourth-order valence-electron chi connectivity index (χ4n) is 4.43. The third-order valence-electron chi connectivity index (χ3n) is 6.06. The van der Waals surface area contributed by atoms with Gasteiger partial charge in [0.25, 0.3) is 0 Å². The van der Waals surface area contributed by atoms with Crippen LogP contribution in [-0.2, 0) is 6.42 Å². The van der Waals surface area contributed by atoms with Crippen LogP contribution in [0.25, 0.3) is 11.1 Å². The van der Waals surface area contributed by atoms with Crippen molar-refractivity contribution in [3.63, 3.8) is 0 Å². The van der Waals surface area contributed by atoms with Gasteiger partial charge in [-0.3, -0.25) is 14.9 Å². The summed E-state index contributed by atoms with van der Waals surface area (Å²) in [7, 11) is 0. The van der Waals surface area contributed by atoms with E-state index in [1.807, 2.05) is 91.9 Å². The summed E-state index contributed by atoms with van der Waals surface area (Å²) >= 11 is 0. The van der Waals surface area contributed by atoms with Gasteiger partial charge in [0.2, 0.25) is 0 Å². The fraction of sp³-hybridized carbons (Fsp3) is 0.0645. The van der Waals surface area contributed by atoms with Crippen molar-refractivity contribution in [3.05, 3.63) is 149 Å². The van der Waals surface area contributed by atoms with E-state index in [0.29, 0.717) is 12.0 Å². The molecule has 0 atom stereocenters. The number of nitrogens with zero attached hydrogens (tertiary/aromatic N) is 1. The quantitative estimate of drug-likeness (QED) is 0.271. The molecule has 0 fully saturated rings. The molecular formula is C31H26N2O. The standard InChI is InChI=1S/C31H26N2O/c1-23-29(31(34)26-18-10-4-11-19-26)30(25-16-8-3-9-17-25)28(22-24-14-6-2-7-15-24)33(23)32-27-20-12-5-13-21-27/h2-21,32H,22H2,1H3. The van der Waals surface area contributed by atoms with Crippen LogP contribution in [0.4, 0.5) is 5.69 Å². The Hall–Kier alpha value is -4.37. The fourth-order valence-corrected chi connectivity index (χ4v) is 4.43. The van der Waals surface area contributed by atoms with Gasteiger partial charge >= 0.3 is 0 Å². The molecule has 0 aliphatic carbocycles. The molecule has 4 aromatic carbocycles. The van der Waals surface area contributed by atoms with E-state index in [0.717, 1.165) is 33.8 Å². The van der Waals surface area contributed by atoms with Crippen molar-refractivity contribution in [3.8, 4) is 11.1 Å². The van der Waals surface area contributed by atoms with Gasteiger partial charge in [-0.25, -0.2) is 0 Å². The Bertz CT molecular complexity index is 1390. The van der Waals surface area contributed by atoms with Crippen LogP contribution in [0.15, 0.2) is 121 Å². The average molecular weight is 443 g/mol. The average Bonchev–Trinajstić information content (AvgIpc) is 3.16. The molecule has 1 N–H and O–H groups in total. The van der Waals surface area contributed by atoms with Gasteiger partial charge in [-0.2, -0.15) is 0 Å². The predicted octanol–water partition coefficient (Wildman–Crippen LogP) is 7.16. The number of rotatable bonds is 7. The first-order valence-corrected chi connectivity index (χ1v) is 11.5. The highest BCUT2D eigenvalue weighted by Crippen LogP contribution is 2.36. The third-order valence-corrected chi connectivity index (χ3v) is 6.06. The maximum Gasteiger partial charge on any atom is 0.195 e. The second kappa shape index (κ2) is 9.63. The maximum atomic E-state index is 13.9. The molecule has 3 heteroatoms. The molecule has 0 spiro atoms. The van der Waals surface area contributed by atoms with E-state index in [1.54, 1.807) is 0 Å². The maximum absolute atomic E-state index is 13.9. The molecule has 0 aliphatic heterocycles. The first kappa shape index (κ1) is 21.5. The topological polar surface area (TPSA) is 34.0 Å². The lowest BCUT2D eigenvalue weighted by molar-refractivity contribution is 0.103. The molecule has 34 heavy (non-hydrogen) atoms. The van der Waals surface area contributed by atoms with Gasteiger partial charge in [0.05, 0.1) is 16.9 Å². The molecule has 0 saturated heterocycles. The van der Waals surface area contributed by atoms with E-state index >= 15 is 0 Å². The number of nitrogens with one attached hydrogen (secondary N) is 1. The van der Waals surface area contributed by atoms with Gasteiger partial charge in [-0.05, 0) is 30.2 Å². The number of aromatic nitrogens is 1. The van der Waals surface area contributed by atoms with Crippen molar-refractivity contribution in [1.29, 1.82) is 0 Å². The highest BCUT2D eigenvalue weighted by molar-refractivity contribution is 6.14.